The molecule has 1 unspecified atom stereocenters. The average Bonchev–Trinajstić information content (AvgIpc) is 2.62. The first-order chi connectivity index (χ1) is 12.4. The second-order valence-electron chi connectivity index (χ2n) is 6.71. The highest BCUT2D eigenvalue weighted by molar-refractivity contribution is 5.76. The predicted octanol–water partition coefficient (Wildman–Crippen LogP) is 1.65. The number of methoxy groups -OCH3 is 2. The number of amides is 1. The van der Waals surface area contributed by atoms with Crippen LogP contribution in [0.2, 0.25) is 0 Å². The fourth-order valence-electron chi connectivity index (χ4n) is 2.96. The Morgan fingerprint density at radius 1 is 1.04 bits per heavy atom. The van der Waals surface area contributed by atoms with Gasteiger partial charge in [0, 0.05) is 12.1 Å². The van der Waals surface area contributed by atoms with Gasteiger partial charge in [0.15, 0.2) is 18.0 Å². The van der Waals surface area contributed by atoms with E-state index in [0.29, 0.717) is 24.6 Å². The molecule has 1 amide bonds. The molecule has 0 aliphatic rings. The third-order valence-electron chi connectivity index (χ3n) is 4.39. The Labute approximate surface area is 155 Å². The lowest BCUT2D eigenvalue weighted by atomic mass is 10.1. The van der Waals surface area contributed by atoms with Crippen molar-refractivity contribution in [2.75, 3.05) is 27.8 Å². The zero-order valence-electron chi connectivity index (χ0n) is 16.3. The number of rotatable bonds is 8. The smallest absolute Gasteiger partial charge is 0.275 e. The Morgan fingerprint density at radius 2 is 1.77 bits per heavy atom. The largest absolute Gasteiger partial charge is 0.493 e. The number of quaternary nitrogens is 1. The van der Waals surface area contributed by atoms with E-state index in [4.69, 9.17) is 9.47 Å². The van der Waals surface area contributed by atoms with Crippen LogP contribution in [0.3, 0.4) is 0 Å². The van der Waals surface area contributed by atoms with Crippen LogP contribution in [-0.4, -0.2) is 33.7 Å². The molecule has 0 saturated heterocycles. The van der Waals surface area contributed by atoms with Crippen LogP contribution >= 0.6 is 0 Å². The lowest BCUT2D eigenvalue weighted by Gasteiger charge is -2.16. The number of ether oxygens (including phenoxy) is 2. The summed E-state index contributed by atoms with van der Waals surface area (Å²) in [6.07, 6.45) is 0. The number of benzene rings is 2. The minimum atomic E-state index is 0.0297. The number of hydrogen-bond donors (Lipinski definition) is 2. The van der Waals surface area contributed by atoms with Crippen LogP contribution in [0.25, 0.3) is 0 Å². The van der Waals surface area contributed by atoms with Gasteiger partial charge in [0.25, 0.3) is 5.91 Å². The van der Waals surface area contributed by atoms with E-state index >= 15 is 0 Å². The van der Waals surface area contributed by atoms with Gasteiger partial charge in [-0.15, -0.1) is 0 Å². The highest BCUT2D eigenvalue weighted by Crippen LogP contribution is 2.27. The van der Waals surface area contributed by atoms with E-state index in [1.54, 1.807) is 14.2 Å². The highest BCUT2D eigenvalue weighted by atomic mass is 16.5. The first-order valence-corrected chi connectivity index (χ1v) is 8.78. The van der Waals surface area contributed by atoms with Crippen LogP contribution in [-0.2, 0) is 17.9 Å². The standard InChI is InChI=1S/C21H28N2O3/c1-15-6-8-18(16(2)10-15)13-23(3)14-21(24)22-12-17-7-9-19(25-4)20(11-17)26-5/h6-11H,12-14H2,1-5H3,(H,22,24)/p+1. The van der Waals surface area contributed by atoms with E-state index in [2.05, 4.69) is 37.4 Å². The summed E-state index contributed by atoms with van der Waals surface area (Å²) in [5.41, 5.74) is 4.79. The summed E-state index contributed by atoms with van der Waals surface area (Å²) in [6.45, 7) is 5.94. The van der Waals surface area contributed by atoms with Gasteiger partial charge in [-0.3, -0.25) is 4.79 Å². The second kappa shape index (κ2) is 9.25. The Morgan fingerprint density at radius 3 is 2.42 bits per heavy atom. The molecule has 0 radical (unpaired) electrons. The molecule has 0 aliphatic heterocycles. The SMILES string of the molecule is COc1ccc(CNC(=O)C[NH+](C)Cc2ccc(C)cc2C)cc1OC. The molecule has 0 heterocycles. The van der Waals surface area contributed by atoms with Crippen LogP contribution in [0.1, 0.15) is 22.3 Å². The normalized spacial score (nSPS) is 11.7. The van der Waals surface area contributed by atoms with E-state index in [-0.39, 0.29) is 5.91 Å². The molecular weight excluding hydrogens is 328 g/mol. The number of aryl methyl sites for hydroxylation is 2. The molecule has 2 rings (SSSR count). The molecule has 0 saturated carbocycles. The van der Waals surface area contributed by atoms with Gasteiger partial charge in [-0.2, -0.15) is 0 Å². The lowest BCUT2D eigenvalue weighted by molar-refractivity contribution is -0.885. The van der Waals surface area contributed by atoms with Crippen molar-refractivity contribution >= 4 is 5.91 Å². The van der Waals surface area contributed by atoms with Crippen molar-refractivity contribution in [2.45, 2.75) is 26.9 Å². The summed E-state index contributed by atoms with van der Waals surface area (Å²) < 4.78 is 10.5. The maximum absolute atomic E-state index is 12.2. The first kappa shape index (κ1) is 19.8. The van der Waals surface area contributed by atoms with Crippen molar-refractivity contribution in [3.63, 3.8) is 0 Å². The maximum atomic E-state index is 12.2. The van der Waals surface area contributed by atoms with Gasteiger partial charge >= 0.3 is 0 Å². The number of carbonyl (C=O) groups is 1. The third kappa shape index (κ3) is 5.49. The fourth-order valence-corrected chi connectivity index (χ4v) is 2.96. The predicted molar refractivity (Wildman–Crippen MR) is 103 cm³/mol. The summed E-state index contributed by atoms with van der Waals surface area (Å²) in [5.74, 6) is 1.37. The number of carbonyl (C=O) groups excluding carboxylic acids is 1. The Kier molecular flexibility index (Phi) is 7.04. The molecule has 0 spiro atoms. The minimum absolute atomic E-state index is 0.0297. The second-order valence-corrected chi connectivity index (χ2v) is 6.71. The van der Waals surface area contributed by atoms with Crippen LogP contribution in [0, 0.1) is 13.8 Å². The zero-order valence-corrected chi connectivity index (χ0v) is 16.3. The van der Waals surface area contributed by atoms with Gasteiger partial charge in [-0.1, -0.05) is 29.8 Å². The molecule has 5 heteroatoms. The van der Waals surface area contributed by atoms with Gasteiger partial charge in [0.2, 0.25) is 0 Å². The molecule has 0 aliphatic carbocycles. The van der Waals surface area contributed by atoms with Crippen molar-refractivity contribution in [3.8, 4) is 11.5 Å². The Balaban J connectivity index is 1.86. The lowest BCUT2D eigenvalue weighted by Crippen LogP contribution is -3.08. The van der Waals surface area contributed by atoms with Crippen molar-refractivity contribution < 1.29 is 19.2 Å². The van der Waals surface area contributed by atoms with Crippen LogP contribution < -0.4 is 19.7 Å². The van der Waals surface area contributed by atoms with E-state index in [1.165, 1.54) is 16.7 Å². The molecular formula is C21H29N2O3+. The van der Waals surface area contributed by atoms with Gasteiger partial charge < -0.3 is 19.7 Å². The summed E-state index contributed by atoms with van der Waals surface area (Å²) in [4.78, 5) is 13.4. The fraction of sp³-hybridized carbons (Fsp3) is 0.381. The van der Waals surface area contributed by atoms with E-state index in [0.717, 1.165) is 17.0 Å². The van der Waals surface area contributed by atoms with Gasteiger partial charge in [-0.25, -0.2) is 0 Å². The molecule has 140 valence electrons. The highest BCUT2D eigenvalue weighted by Gasteiger charge is 2.12. The maximum Gasteiger partial charge on any atom is 0.275 e. The summed E-state index contributed by atoms with van der Waals surface area (Å²) in [6, 6.07) is 12.1. The minimum Gasteiger partial charge on any atom is -0.493 e. The van der Waals surface area contributed by atoms with Crippen molar-refractivity contribution in [3.05, 3.63) is 58.7 Å². The summed E-state index contributed by atoms with van der Waals surface area (Å²) in [5, 5.41) is 2.97. The van der Waals surface area contributed by atoms with E-state index in [1.807, 2.05) is 25.2 Å². The topological polar surface area (TPSA) is 52.0 Å². The molecule has 2 N–H and O–H groups in total. The molecule has 2 aromatic carbocycles. The number of hydrogen-bond acceptors (Lipinski definition) is 3. The Hall–Kier alpha value is -2.53. The molecule has 5 nitrogen and oxygen atoms in total. The van der Waals surface area contributed by atoms with Crippen molar-refractivity contribution in [2.24, 2.45) is 0 Å². The molecule has 0 bridgehead atoms. The van der Waals surface area contributed by atoms with Crippen molar-refractivity contribution in [1.82, 2.24) is 5.32 Å². The number of likely N-dealkylation sites (N-methyl/N-ethyl adjacent to an activating group) is 1. The van der Waals surface area contributed by atoms with Gasteiger partial charge in [0.05, 0.1) is 21.3 Å². The van der Waals surface area contributed by atoms with Gasteiger partial charge in [-0.05, 0) is 37.1 Å². The quantitative estimate of drug-likeness (QED) is 0.755. The summed E-state index contributed by atoms with van der Waals surface area (Å²) >= 11 is 0. The molecule has 26 heavy (non-hydrogen) atoms. The third-order valence-corrected chi connectivity index (χ3v) is 4.39. The molecule has 0 fully saturated rings. The van der Waals surface area contributed by atoms with E-state index in [9.17, 15) is 4.79 Å². The molecule has 2 aromatic rings. The number of nitrogens with one attached hydrogen (secondary N) is 2. The van der Waals surface area contributed by atoms with Crippen LogP contribution in [0.4, 0.5) is 0 Å². The van der Waals surface area contributed by atoms with E-state index < -0.39 is 0 Å². The average molecular weight is 357 g/mol. The molecule has 0 aromatic heterocycles. The molecule has 1 atom stereocenters. The zero-order chi connectivity index (χ0) is 19.1. The first-order valence-electron chi connectivity index (χ1n) is 8.78. The summed E-state index contributed by atoms with van der Waals surface area (Å²) in [7, 11) is 5.24. The Bertz CT molecular complexity index is 759. The van der Waals surface area contributed by atoms with Crippen LogP contribution in [0.5, 0.6) is 11.5 Å². The van der Waals surface area contributed by atoms with Gasteiger partial charge in [0.1, 0.15) is 6.54 Å². The van der Waals surface area contributed by atoms with Crippen molar-refractivity contribution in [1.29, 1.82) is 0 Å². The van der Waals surface area contributed by atoms with Crippen LogP contribution in [0.15, 0.2) is 36.4 Å². The monoisotopic (exact) mass is 357 g/mol.